The van der Waals surface area contributed by atoms with E-state index in [0.29, 0.717) is 22.8 Å². The van der Waals surface area contributed by atoms with Crippen LogP contribution in [0.1, 0.15) is 34.5 Å². The van der Waals surface area contributed by atoms with Crippen molar-refractivity contribution in [2.75, 3.05) is 11.1 Å². The third-order valence-corrected chi connectivity index (χ3v) is 5.74. The average Bonchev–Trinajstić information content (AvgIpc) is 2.66. The number of hydrogen-bond donors (Lipinski definition) is 1. The molecule has 28 heavy (non-hydrogen) atoms. The van der Waals surface area contributed by atoms with Gasteiger partial charge in [-0.15, -0.1) is 11.8 Å². The summed E-state index contributed by atoms with van der Waals surface area (Å²) in [4.78, 5) is 21.5. The molecule has 1 N–H and O–H groups in total. The van der Waals surface area contributed by atoms with E-state index >= 15 is 0 Å². The summed E-state index contributed by atoms with van der Waals surface area (Å²) in [5.74, 6) is 0.486. The zero-order chi connectivity index (χ0) is 20.3. The number of aryl methyl sites for hydroxylation is 2. The third-order valence-electron chi connectivity index (χ3n) is 4.76. The summed E-state index contributed by atoms with van der Waals surface area (Å²) in [7, 11) is 0. The second-order valence-corrected chi connectivity index (χ2v) is 7.80. The Balaban J connectivity index is 1.69. The van der Waals surface area contributed by atoms with Crippen molar-refractivity contribution in [1.82, 2.24) is 9.97 Å². The number of nitriles is 1. The molecule has 0 spiro atoms. The molecular formula is C22H22N4OS. The smallest absolute Gasteiger partial charge is 0.225 e. The standard InChI is InChI=1S/C22H22N4OS/c1-13-11-20(17-7-5-6-8-19(17)24-13)26-21(27)9-10-28-22-18(12-23)15(3)14(2)16(4)25-22/h5-8,11H,9-10H2,1-4H3,(H,24,26,27). The van der Waals surface area contributed by atoms with E-state index in [2.05, 4.69) is 21.4 Å². The first-order chi connectivity index (χ1) is 13.4. The minimum Gasteiger partial charge on any atom is -0.325 e. The fourth-order valence-corrected chi connectivity index (χ4v) is 4.04. The molecule has 0 radical (unpaired) electrons. The van der Waals surface area contributed by atoms with Crippen LogP contribution in [-0.4, -0.2) is 21.6 Å². The first-order valence-electron chi connectivity index (χ1n) is 9.07. The molecule has 142 valence electrons. The SMILES string of the molecule is Cc1cc(NC(=O)CCSc2nc(C)c(C)c(C)c2C#N)c2ccccc2n1. The number of pyridine rings is 2. The molecule has 0 aliphatic carbocycles. The lowest BCUT2D eigenvalue weighted by molar-refractivity contribution is -0.115. The first-order valence-corrected chi connectivity index (χ1v) is 10.1. The van der Waals surface area contributed by atoms with Crippen LogP contribution < -0.4 is 5.32 Å². The lowest BCUT2D eigenvalue weighted by Crippen LogP contribution is -2.13. The Kier molecular flexibility index (Phi) is 5.96. The molecule has 0 aliphatic rings. The van der Waals surface area contributed by atoms with Gasteiger partial charge in [0.15, 0.2) is 0 Å². The summed E-state index contributed by atoms with van der Waals surface area (Å²) in [5, 5.41) is 14.1. The van der Waals surface area contributed by atoms with E-state index < -0.39 is 0 Å². The molecule has 1 amide bonds. The van der Waals surface area contributed by atoms with E-state index in [1.54, 1.807) is 0 Å². The Morgan fingerprint density at radius 3 is 2.64 bits per heavy atom. The van der Waals surface area contributed by atoms with E-state index in [1.165, 1.54) is 11.8 Å². The predicted molar refractivity (Wildman–Crippen MR) is 114 cm³/mol. The van der Waals surface area contributed by atoms with Crippen LogP contribution in [0.4, 0.5) is 5.69 Å². The van der Waals surface area contributed by atoms with Crippen LogP contribution in [0, 0.1) is 39.0 Å². The highest BCUT2D eigenvalue weighted by molar-refractivity contribution is 7.99. The highest BCUT2D eigenvalue weighted by Gasteiger charge is 2.14. The number of anilines is 1. The van der Waals surface area contributed by atoms with Crippen molar-refractivity contribution < 1.29 is 4.79 Å². The molecule has 0 bridgehead atoms. The first kappa shape index (κ1) is 19.8. The van der Waals surface area contributed by atoms with E-state index in [4.69, 9.17) is 0 Å². The molecular weight excluding hydrogens is 368 g/mol. The lowest BCUT2D eigenvalue weighted by Gasteiger charge is -2.12. The maximum absolute atomic E-state index is 12.5. The van der Waals surface area contributed by atoms with Gasteiger partial charge in [-0.1, -0.05) is 18.2 Å². The van der Waals surface area contributed by atoms with Gasteiger partial charge in [-0.05, 0) is 51.0 Å². The van der Waals surface area contributed by atoms with Crippen LogP contribution in [0.5, 0.6) is 0 Å². The summed E-state index contributed by atoms with van der Waals surface area (Å²) >= 11 is 1.45. The number of carbonyl (C=O) groups is 1. The molecule has 3 aromatic rings. The van der Waals surface area contributed by atoms with Gasteiger partial charge in [0, 0.05) is 28.9 Å². The maximum atomic E-state index is 12.5. The quantitative estimate of drug-likeness (QED) is 0.630. The maximum Gasteiger partial charge on any atom is 0.225 e. The Morgan fingerprint density at radius 2 is 1.89 bits per heavy atom. The predicted octanol–water partition coefficient (Wildman–Crippen LogP) is 4.86. The Labute approximate surface area is 169 Å². The van der Waals surface area contributed by atoms with Crippen molar-refractivity contribution in [3.8, 4) is 6.07 Å². The summed E-state index contributed by atoms with van der Waals surface area (Å²) in [6.45, 7) is 7.77. The summed E-state index contributed by atoms with van der Waals surface area (Å²) in [5.41, 5.74) is 6.01. The zero-order valence-electron chi connectivity index (χ0n) is 16.5. The van der Waals surface area contributed by atoms with Crippen molar-refractivity contribution in [3.05, 3.63) is 58.4 Å². The number of rotatable bonds is 5. The van der Waals surface area contributed by atoms with E-state index in [1.807, 2.05) is 58.0 Å². The van der Waals surface area contributed by atoms with Crippen LogP contribution in [0.3, 0.4) is 0 Å². The fourth-order valence-electron chi connectivity index (χ4n) is 3.01. The van der Waals surface area contributed by atoms with Crippen LogP contribution in [-0.2, 0) is 4.79 Å². The van der Waals surface area contributed by atoms with Gasteiger partial charge in [0.1, 0.15) is 11.1 Å². The van der Waals surface area contributed by atoms with Gasteiger partial charge in [-0.2, -0.15) is 5.26 Å². The second-order valence-electron chi connectivity index (χ2n) is 6.71. The topological polar surface area (TPSA) is 78.7 Å². The fraction of sp³-hybridized carbons (Fsp3) is 0.273. The lowest BCUT2D eigenvalue weighted by atomic mass is 10.1. The number of aromatic nitrogens is 2. The zero-order valence-corrected chi connectivity index (χ0v) is 17.3. The van der Waals surface area contributed by atoms with Crippen molar-refractivity contribution in [2.45, 2.75) is 39.1 Å². The number of fused-ring (bicyclic) bond motifs is 1. The highest BCUT2D eigenvalue weighted by atomic mass is 32.2. The molecule has 3 rings (SSSR count). The minimum atomic E-state index is -0.0673. The number of nitrogens with one attached hydrogen (secondary N) is 1. The molecule has 0 saturated heterocycles. The molecule has 2 aromatic heterocycles. The number of hydrogen-bond acceptors (Lipinski definition) is 5. The van der Waals surface area contributed by atoms with Gasteiger partial charge in [0.2, 0.25) is 5.91 Å². The van der Waals surface area contributed by atoms with Gasteiger partial charge in [0.25, 0.3) is 0 Å². The molecule has 0 saturated carbocycles. The highest BCUT2D eigenvalue weighted by Crippen LogP contribution is 2.27. The number of thioether (sulfide) groups is 1. The summed E-state index contributed by atoms with van der Waals surface area (Å²) < 4.78 is 0. The van der Waals surface area contributed by atoms with Crippen molar-refractivity contribution in [1.29, 1.82) is 5.26 Å². The van der Waals surface area contributed by atoms with Crippen LogP contribution in [0.25, 0.3) is 10.9 Å². The third kappa shape index (κ3) is 4.15. The average molecular weight is 391 g/mol. The van der Waals surface area contributed by atoms with Gasteiger partial charge in [-0.3, -0.25) is 9.78 Å². The normalized spacial score (nSPS) is 10.7. The number of nitrogens with zero attached hydrogens (tertiary/aromatic N) is 3. The summed E-state index contributed by atoms with van der Waals surface area (Å²) in [6, 6.07) is 11.9. The molecule has 6 heteroatoms. The monoisotopic (exact) mass is 390 g/mol. The second kappa shape index (κ2) is 8.41. The van der Waals surface area contributed by atoms with Gasteiger partial charge in [-0.25, -0.2) is 4.98 Å². The van der Waals surface area contributed by atoms with Crippen LogP contribution >= 0.6 is 11.8 Å². The summed E-state index contributed by atoms with van der Waals surface area (Å²) in [6.07, 6.45) is 0.332. The Morgan fingerprint density at radius 1 is 1.14 bits per heavy atom. The van der Waals surface area contributed by atoms with E-state index in [9.17, 15) is 10.1 Å². The number of para-hydroxylation sites is 1. The van der Waals surface area contributed by atoms with Crippen molar-refractivity contribution in [2.24, 2.45) is 0 Å². The minimum absolute atomic E-state index is 0.0673. The molecule has 1 aromatic carbocycles. The van der Waals surface area contributed by atoms with Crippen LogP contribution in [0.15, 0.2) is 35.4 Å². The van der Waals surface area contributed by atoms with Crippen molar-refractivity contribution in [3.63, 3.8) is 0 Å². The molecule has 2 heterocycles. The van der Waals surface area contributed by atoms with Crippen molar-refractivity contribution >= 4 is 34.3 Å². The van der Waals surface area contributed by atoms with Gasteiger partial charge in [0.05, 0.1) is 16.8 Å². The Bertz CT molecular complexity index is 1100. The van der Waals surface area contributed by atoms with Gasteiger partial charge < -0.3 is 5.32 Å². The Hall–Kier alpha value is -2.91. The number of carbonyl (C=O) groups excluding carboxylic acids is 1. The number of benzene rings is 1. The molecule has 0 fully saturated rings. The molecule has 0 unspecified atom stereocenters. The van der Waals surface area contributed by atoms with E-state index in [0.717, 1.165) is 39.1 Å². The molecule has 0 atom stereocenters. The molecule has 0 aliphatic heterocycles. The van der Waals surface area contributed by atoms with Crippen LogP contribution in [0.2, 0.25) is 0 Å². The van der Waals surface area contributed by atoms with Gasteiger partial charge >= 0.3 is 0 Å². The largest absolute Gasteiger partial charge is 0.325 e. The number of amides is 1. The molecule has 5 nitrogen and oxygen atoms in total. The van der Waals surface area contributed by atoms with E-state index in [-0.39, 0.29) is 5.91 Å².